The zero-order valence-corrected chi connectivity index (χ0v) is 13.8. The summed E-state index contributed by atoms with van der Waals surface area (Å²) in [5, 5.41) is 8.29. The predicted octanol–water partition coefficient (Wildman–Crippen LogP) is 3.79. The van der Waals surface area contributed by atoms with E-state index >= 15 is 0 Å². The van der Waals surface area contributed by atoms with E-state index in [-0.39, 0.29) is 5.91 Å². The lowest BCUT2D eigenvalue weighted by molar-refractivity contribution is -0.125. The molecule has 130 valence electrons. The van der Waals surface area contributed by atoms with Crippen molar-refractivity contribution in [1.82, 2.24) is 20.7 Å². The van der Waals surface area contributed by atoms with Crippen molar-refractivity contribution in [1.29, 1.82) is 0 Å². The van der Waals surface area contributed by atoms with Gasteiger partial charge in [-0.05, 0) is 30.3 Å². The smallest absolute Gasteiger partial charge is 0.249 e. The van der Waals surface area contributed by atoms with Crippen molar-refractivity contribution in [2.45, 2.75) is 6.92 Å². The van der Waals surface area contributed by atoms with Gasteiger partial charge in [0.1, 0.15) is 5.82 Å². The van der Waals surface area contributed by atoms with Crippen molar-refractivity contribution in [3.05, 3.63) is 60.5 Å². The predicted molar refractivity (Wildman–Crippen MR) is 95.7 cm³/mol. The summed E-state index contributed by atoms with van der Waals surface area (Å²) in [7, 11) is 0. The Morgan fingerprint density at radius 2 is 2.00 bits per heavy atom. The summed E-state index contributed by atoms with van der Waals surface area (Å²) in [6.07, 6.45) is 1.88. The van der Waals surface area contributed by atoms with Crippen LogP contribution in [0.15, 0.2) is 54.7 Å². The van der Waals surface area contributed by atoms with Crippen LogP contribution < -0.4 is 10.3 Å². The largest absolute Gasteiger partial charge is 0.379 e. The van der Waals surface area contributed by atoms with E-state index in [0.29, 0.717) is 22.7 Å². The molecule has 0 aliphatic rings. The maximum absolute atomic E-state index is 13.7. The number of hydroxylamine groups is 1. The van der Waals surface area contributed by atoms with Crippen molar-refractivity contribution in [2.24, 2.45) is 0 Å². The third kappa shape index (κ3) is 2.90. The van der Waals surface area contributed by atoms with Crippen molar-refractivity contribution in [3.8, 4) is 28.3 Å². The van der Waals surface area contributed by atoms with E-state index in [1.54, 1.807) is 0 Å². The SMILES string of the molecule is CC(=O)NOc1ccc(F)cc1-c1cc(-c2c[nH]c3ccccc23)n[nH]1. The minimum absolute atomic E-state index is 0.315. The van der Waals surface area contributed by atoms with E-state index in [1.165, 1.54) is 25.1 Å². The summed E-state index contributed by atoms with van der Waals surface area (Å²) < 4.78 is 13.7. The lowest BCUT2D eigenvalue weighted by Crippen LogP contribution is -2.24. The van der Waals surface area contributed by atoms with Gasteiger partial charge < -0.3 is 9.82 Å². The minimum atomic E-state index is -0.418. The van der Waals surface area contributed by atoms with E-state index < -0.39 is 5.82 Å². The maximum atomic E-state index is 13.7. The highest BCUT2D eigenvalue weighted by atomic mass is 19.1. The van der Waals surface area contributed by atoms with Gasteiger partial charge in [0.05, 0.1) is 11.4 Å². The Bertz CT molecular complexity index is 1100. The van der Waals surface area contributed by atoms with Gasteiger partial charge in [0.15, 0.2) is 5.75 Å². The number of aromatic amines is 2. The van der Waals surface area contributed by atoms with Crippen molar-refractivity contribution < 1.29 is 14.0 Å². The highest BCUT2D eigenvalue weighted by Gasteiger charge is 2.15. The number of nitrogens with zero attached hydrogens (tertiary/aromatic N) is 1. The molecule has 0 saturated heterocycles. The second kappa shape index (κ2) is 6.36. The zero-order valence-electron chi connectivity index (χ0n) is 13.8. The highest BCUT2D eigenvalue weighted by Crippen LogP contribution is 2.33. The first-order valence-corrected chi connectivity index (χ1v) is 7.97. The quantitative estimate of drug-likeness (QED) is 0.490. The number of H-pyrrole nitrogens is 2. The van der Waals surface area contributed by atoms with Crippen LogP contribution in [-0.4, -0.2) is 21.1 Å². The molecule has 7 heteroatoms. The van der Waals surface area contributed by atoms with E-state index in [2.05, 4.69) is 20.7 Å². The molecule has 26 heavy (non-hydrogen) atoms. The average molecular weight is 350 g/mol. The second-order valence-corrected chi connectivity index (χ2v) is 5.82. The van der Waals surface area contributed by atoms with E-state index in [4.69, 9.17) is 4.84 Å². The number of rotatable bonds is 4. The van der Waals surface area contributed by atoms with Crippen LogP contribution >= 0.6 is 0 Å². The molecule has 4 rings (SSSR count). The molecule has 2 aromatic carbocycles. The van der Waals surface area contributed by atoms with Gasteiger partial charge in [-0.25, -0.2) is 4.39 Å². The minimum Gasteiger partial charge on any atom is -0.379 e. The normalized spacial score (nSPS) is 10.8. The second-order valence-electron chi connectivity index (χ2n) is 5.82. The van der Waals surface area contributed by atoms with Gasteiger partial charge in [-0.2, -0.15) is 10.6 Å². The first-order chi connectivity index (χ1) is 12.6. The van der Waals surface area contributed by atoms with Crippen LogP contribution in [0.2, 0.25) is 0 Å². The molecule has 2 heterocycles. The molecule has 0 bridgehead atoms. The van der Waals surface area contributed by atoms with Gasteiger partial charge in [-0.1, -0.05) is 18.2 Å². The Labute approximate surface area is 148 Å². The summed E-state index contributed by atoms with van der Waals surface area (Å²) in [6.45, 7) is 1.33. The standard InChI is InChI=1S/C19H15FN4O2/c1-11(25)24-26-19-7-6-12(20)8-14(19)17-9-18(23-22-17)15-10-21-16-5-3-2-4-13(15)16/h2-10,21H,1H3,(H,22,23)(H,24,25). The first-order valence-electron chi connectivity index (χ1n) is 7.97. The molecule has 6 nitrogen and oxygen atoms in total. The fourth-order valence-corrected chi connectivity index (χ4v) is 2.81. The van der Waals surface area contributed by atoms with Crippen molar-refractivity contribution in [2.75, 3.05) is 0 Å². The Balaban J connectivity index is 1.74. The lowest BCUT2D eigenvalue weighted by atomic mass is 10.1. The van der Waals surface area contributed by atoms with Crippen molar-refractivity contribution >= 4 is 16.8 Å². The maximum Gasteiger partial charge on any atom is 0.249 e. The summed E-state index contributed by atoms with van der Waals surface area (Å²) in [5.74, 6) is -0.460. The molecule has 2 aromatic heterocycles. The van der Waals surface area contributed by atoms with Crippen LogP contribution in [0.4, 0.5) is 4.39 Å². The van der Waals surface area contributed by atoms with Crippen LogP contribution in [0, 0.1) is 5.82 Å². The molecule has 0 saturated carbocycles. The topological polar surface area (TPSA) is 82.8 Å². The lowest BCUT2D eigenvalue weighted by Gasteiger charge is -2.09. The molecule has 0 unspecified atom stereocenters. The van der Waals surface area contributed by atoms with E-state index in [0.717, 1.165) is 16.5 Å². The third-order valence-electron chi connectivity index (χ3n) is 3.98. The molecule has 4 aromatic rings. The fraction of sp³-hybridized carbons (Fsp3) is 0.0526. The number of fused-ring (bicyclic) bond motifs is 1. The number of carbonyl (C=O) groups excluding carboxylic acids is 1. The fourth-order valence-electron chi connectivity index (χ4n) is 2.81. The number of halogens is 1. The Kier molecular flexibility index (Phi) is 3.89. The molecule has 0 atom stereocenters. The summed E-state index contributed by atoms with van der Waals surface area (Å²) in [4.78, 5) is 19.5. The van der Waals surface area contributed by atoms with E-state index in [1.807, 2.05) is 36.5 Å². The Hall–Kier alpha value is -3.61. The number of amides is 1. The zero-order chi connectivity index (χ0) is 18.1. The molecule has 0 aliphatic heterocycles. The summed E-state index contributed by atoms with van der Waals surface area (Å²) in [6, 6.07) is 13.7. The number of nitrogens with one attached hydrogen (secondary N) is 3. The molecule has 0 aliphatic carbocycles. The summed E-state index contributed by atoms with van der Waals surface area (Å²) >= 11 is 0. The monoisotopic (exact) mass is 350 g/mol. The molecular weight excluding hydrogens is 335 g/mol. The molecule has 3 N–H and O–H groups in total. The third-order valence-corrected chi connectivity index (χ3v) is 3.98. The molecule has 0 fully saturated rings. The van der Waals surface area contributed by atoms with Crippen LogP contribution in [0.5, 0.6) is 5.75 Å². The van der Waals surface area contributed by atoms with Gasteiger partial charge in [0, 0.05) is 35.2 Å². The molecule has 1 amide bonds. The van der Waals surface area contributed by atoms with Gasteiger partial charge in [-0.3, -0.25) is 9.89 Å². The van der Waals surface area contributed by atoms with Crippen LogP contribution in [0.25, 0.3) is 33.4 Å². The molecule has 0 radical (unpaired) electrons. The van der Waals surface area contributed by atoms with Crippen LogP contribution in [-0.2, 0) is 4.79 Å². The van der Waals surface area contributed by atoms with Gasteiger partial charge in [-0.15, -0.1) is 0 Å². The van der Waals surface area contributed by atoms with Gasteiger partial charge in [0.25, 0.3) is 0 Å². The number of carbonyl (C=O) groups is 1. The average Bonchev–Trinajstić information content (AvgIpc) is 3.27. The molecule has 0 spiro atoms. The van der Waals surface area contributed by atoms with Crippen LogP contribution in [0.1, 0.15) is 6.92 Å². The van der Waals surface area contributed by atoms with Crippen LogP contribution in [0.3, 0.4) is 0 Å². The first kappa shape index (κ1) is 15.9. The van der Waals surface area contributed by atoms with E-state index in [9.17, 15) is 9.18 Å². The molecular formula is C19H15FN4O2. The summed E-state index contributed by atoms with van der Waals surface area (Å²) in [5.41, 5.74) is 5.94. The highest BCUT2D eigenvalue weighted by molar-refractivity contribution is 5.95. The van der Waals surface area contributed by atoms with Gasteiger partial charge >= 0.3 is 0 Å². The number of hydrogen-bond donors (Lipinski definition) is 3. The number of para-hydroxylation sites is 1. The van der Waals surface area contributed by atoms with Gasteiger partial charge in [0.2, 0.25) is 5.91 Å². The Morgan fingerprint density at radius 1 is 1.15 bits per heavy atom. The number of benzene rings is 2. The number of hydrogen-bond acceptors (Lipinski definition) is 3. The number of aromatic nitrogens is 3. The van der Waals surface area contributed by atoms with Crippen molar-refractivity contribution in [3.63, 3.8) is 0 Å². The Morgan fingerprint density at radius 3 is 2.85 bits per heavy atom.